The van der Waals surface area contributed by atoms with E-state index in [2.05, 4.69) is 35.6 Å². The van der Waals surface area contributed by atoms with E-state index in [0.717, 1.165) is 0 Å². The smallest absolute Gasteiger partial charge is 0.262 e. The van der Waals surface area contributed by atoms with Crippen LogP contribution in [-0.2, 0) is 10.4 Å². The van der Waals surface area contributed by atoms with Crippen LogP contribution in [0.4, 0.5) is 11.8 Å². The van der Waals surface area contributed by atoms with Crippen LogP contribution in [0.3, 0.4) is 0 Å². The van der Waals surface area contributed by atoms with E-state index in [1.54, 1.807) is 55.7 Å². The van der Waals surface area contributed by atoms with Crippen molar-refractivity contribution in [3.05, 3.63) is 54.4 Å². The van der Waals surface area contributed by atoms with Crippen LogP contribution in [-0.4, -0.2) is 66.9 Å². The third-order valence-corrected chi connectivity index (χ3v) is 5.45. The van der Waals surface area contributed by atoms with E-state index in [9.17, 15) is 9.90 Å². The number of carbonyl (C=O) groups is 1. The van der Waals surface area contributed by atoms with Gasteiger partial charge in [-0.05, 0) is 24.3 Å². The summed E-state index contributed by atoms with van der Waals surface area (Å²) >= 11 is 0. The van der Waals surface area contributed by atoms with E-state index < -0.39 is 11.5 Å². The van der Waals surface area contributed by atoms with Crippen LogP contribution in [0.25, 0.3) is 22.8 Å². The number of hydrogen-bond acceptors (Lipinski definition) is 11. The predicted octanol–water partition coefficient (Wildman–Crippen LogP) is 1.79. The average Bonchev–Trinajstić information content (AvgIpc) is 3.47. The first-order valence-electron chi connectivity index (χ1n) is 10.4. The van der Waals surface area contributed by atoms with E-state index in [1.165, 1.54) is 12.0 Å². The number of rotatable bonds is 6. The van der Waals surface area contributed by atoms with Gasteiger partial charge < -0.3 is 24.6 Å². The highest BCUT2D eigenvalue weighted by Gasteiger charge is 2.48. The number of anilines is 2. The quantitative estimate of drug-likeness (QED) is 0.433. The number of likely N-dealkylation sites (tertiary alicyclic amines) is 1. The molecule has 0 bridgehead atoms. The van der Waals surface area contributed by atoms with Crippen LogP contribution in [0.15, 0.2) is 53.2 Å². The molecule has 0 saturated carbocycles. The summed E-state index contributed by atoms with van der Waals surface area (Å²) in [6.07, 6.45) is 1.83. The molecule has 1 atom stereocenters. The molecule has 172 valence electrons. The van der Waals surface area contributed by atoms with Crippen molar-refractivity contribution in [2.75, 3.05) is 26.0 Å². The molecule has 5 rings (SSSR count). The number of carbonyl (C=O) groups excluding carboxylic acids is 1. The Kier molecular flexibility index (Phi) is 5.34. The third-order valence-electron chi connectivity index (χ3n) is 5.45. The van der Waals surface area contributed by atoms with Crippen molar-refractivity contribution < 1.29 is 19.2 Å². The molecule has 0 spiro atoms. The van der Waals surface area contributed by atoms with E-state index in [1.807, 2.05) is 0 Å². The molecule has 1 saturated heterocycles. The topological polar surface area (TPSA) is 152 Å². The van der Waals surface area contributed by atoms with Gasteiger partial charge in [-0.2, -0.15) is 0 Å². The molecular formula is C22H20N8O4. The highest BCUT2D eigenvalue weighted by atomic mass is 16.5. The van der Waals surface area contributed by atoms with Crippen LogP contribution in [0.5, 0.6) is 5.88 Å². The van der Waals surface area contributed by atoms with Gasteiger partial charge in [0, 0.05) is 38.3 Å². The third kappa shape index (κ3) is 3.90. The molecule has 0 radical (unpaired) electrons. The Bertz CT molecular complexity index is 1340. The molecule has 1 unspecified atom stereocenters. The molecule has 0 aliphatic carbocycles. The molecule has 1 aliphatic rings. The number of aliphatic hydroxyl groups is 1. The Hall–Kier alpha value is -4.45. The fourth-order valence-electron chi connectivity index (χ4n) is 3.56. The zero-order chi connectivity index (χ0) is 23.7. The number of methoxy groups -OCH3 is 1. The van der Waals surface area contributed by atoms with Crippen LogP contribution >= 0.6 is 0 Å². The standard InChI is InChI=1S/C22H20N8O4/c1-30-11-9-22(32,20(30)31)17-12-16(29-34-17)14-5-3-4-13(24-14)15-8-10-23-21(25-15)26-18-6-7-19(33-2)28-27-18/h3-8,10,12,32H,9,11H2,1-2H3,(H,23,25,26,27). The summed E-state index contributed by atoms with van der Waals surface area (Å²) in [7, 11) is 3.15. The lowest BCUT2D eigenvalue weighted by atomic mass is 9.98. The van der Waals surface area contributed by atoms with Crippen molar-refractivity contribution in [3.8, 4) is 28.7 Å². The largest absolute Gasteiger partial charge is 0.480 e. The highest BCUT2D eigenvalue weighted by molar-refractivity contribution is 5.87. The molecule has 1 amide bonds. The van der Waals surface area contributed by atoms with Gasteiger partial charge in [-0.15, -0.1) is 10.2 Å². The SMILES string of the molecule is COc1ccc(Nc2nccc(-c3cccc(-c4cc(C5(O)CCN(C)C5=O)on4)n3)n2)nn1. The number of hydrogen-bond donors (Lipinski definition) is 2. The Morgan fingerprint density at radius 2 is 1.88 bits per heavy atom. The summed E-state index contributed by atoms with van der Waals surface area (Å²) in [5.74, 6) is 0.852. The normalized spacial score (nSPS) is 17.7. The second kappa shape index (κ2) is 8.48. The van der Waals surface area contributed by atoms with E-state index in [0.29, 0.717) is 47.0 Å². The Morgan fingerprint density at radius 3 is 2.59 bits per heavy atom. The number of nitrogens with zero attached hydrogens (tertiary/aromatic N) is 7. The number of nitrogens with one attached hydrogen (secondary N) is 1. The average molecular weight is 460 g/mol. The lowest BCUT2D eigenvalue weighted by Gasteiger charge is -2.16. The minimum atomic E-state index is -1.71. The minimum Gasteiger partial charge on any atom is -0.480 e. The summed E-state index contributed by atoms with van der Waals surface area (Å²) in [6.45, 7) is 0.436. The maximum atomic E-state index is 12.3. The van der Waals surface area contributed by atoms with Crippen LogP contribution < -0.4 is 10.1 Å². The molecule has 4 aromatic heterocycles. The molecule has 12 heteroatoms. The van der Waals surface area contributed by atoms with Crippen molar-refractivity contribution in [1.29, 1.82) is 0 Å². The minimum absolute atomic E-state index is 0.0955. The number of aromatic nitrogens is 6. The van der Waals surface area contributed by atoms with Gasteiger partial charge in [0.1, 0.15) is 5.69 Å². The second-order valence-corrected chi connectivity index (χ2v) is 7.67. The van der Waals surface area contributed by atoms with Crippen molar-refractivity contribution >= 4 is 17.7 Å². The summed E-state index contributed by atoms with van der Waals surface area (Å²) in [5.41, 5.74) is 0.326. The van der Waals surface area contributed by atoms with Gasteiger partial charge >= 0.3 is 0 Å². The molecular weight excluding hydrogens is 440 g/mol. The first kappa shape index (κ1) is 21.4. The molecule has 2 N–H and O–H groups in total. The van der Waals surface area contributed by atoms with E-state index in [4.69, 9.17) is 9.26 Å². The van der Waals surface area contributed by atoms with Gasteiger partial charge in [0.2, 0.25) is 17.4 Å². The molecule has 1 aliphatic heterocycles. The van der Waals surface area contributed by atoms with Gasteiger partial charge in [-0.3, -0.25) is 4.79 Å². The number of amides is 1. The summed E-state index contributed by atoms with van der Waals surface area (Å²) in [6, 6.07) is 12.0. The number of ether oxygens (including phenoxy) is 1. The van der Waals surface area contributed by atoms with Crippen LogP contribution in [0.1, 0.15) is 12.2 Å². The van der Waals surface area contributed by atoms with Crippen molar-refractivity contribution in [3.63, 3.8) is 0 Å². The summed E-state index contributed by atoms with van der Waals surface area (Å²) in [5, 5.41) is 25.7. The highest BCUT2D eigenvalue weighted by Crippen LogP contribution is 2.34. The fourth-order valence-corrected chi connectivity index (χ4v) is 3.56. The maximum absolute atomic E-state index is 12.3. The number of likely N-dealkylation sites (N-methyl/N-ethyl adjacent to an activating group) is 1. The molecule has 5 heterocycles. The molecule has 0 aromatic carbocycles. The molecule has 34 heavy (non-hydrogen) atoms. The molecule has 1 fully saturated rings. The Labute approximate surface area is 193 Å². The van der Waals surface area contributed by atoms with Gasteiger partial charge in [-0.1, -0.05) is 11.2 Å². The van der Waals surface area contributed by atoms with Crippen molar-refractivity contribution in [1.82, 2.24) is 35.2 Å². The fraction of sp³-hybridized carbons (Fsp3) is 0.227. The zero-order valence-electron chi connectivity index (χ0n) is 18.3. The summed E-state index contributed by atoms with van der Waals surface area (Å²) in [4.78, 5) is 27.1. The van der Waals surface area contributed by atoms with Gasteiger partial charge in [0.05, 0.1) is 24.2 Å². The zero-order valence-corrected chi connectivity index (χ0v) is 18.3. The van der Waals surface area contributed by atoms with E-state index in [-0.39, 0.29) is 12.2 Å². The Morgan fingerprint density at radius 1 is 1.09 bits per heavy atom. The number of pyridine rings is 1. The van der Waals surface area contributed by atoms with Gasteiger partial charge in [0.15, 0.2) is 11.6 Å². The van der Waals surface area contributed by atoms with Gasteiger partial charge in [-0.25, -0.2) is 15.0 Å². The van der Waals surface area contributed by atoms with Crippen LogP contribution in [0, 0.1) is 0 Å². The summed E-state index contributed by atoms with van der Waals surface area (Å²) < 4.78 is 10.3. The van der Waals surface area contributed by atoms with Gasteiger partial charge in [0.25, 0.3) is 5.91 Å². The maximum Gasteiger partial charge on any atom is 0.262 e. The van der Waals surface area contributed by atoms with E-state index >= 15 is 0 Å². The lowest BCUT2D eigenvalue weighted by Crippen LogP contribution is -2.35. The monoisotopic (exact) mass is 460 g/mol. The Balaban J connectivity index is 1.39. The second-order valence-electron chi connectivity index (χ2n) is 7.67. The molecule has 12 nitrogen and oxygen atoms in total. The van der Waals surface area contributed by atoms with Crippen molar-refractivity contribution in [2.24, 2.45) is 0 Å². The predicted molar refractivity (Wildman–Crippen MR) is 119 cm³/mol. The van der Waals surface area contributed by atoms with Crippen molar-refractivity contribution in [2.45, 2.75) is 12.0 Å². The van der Waals surface area contributed by atoms with Crippen LogP contribution in [0.2, 0.25) is 0 Å². The molecule has 4 aromatic rings. The lowest BCUT2D eigenvalue weighted by molar-refractivity contribution is -0.144. The first-order valence-corrected chi connectivity index (χ1v) is 10.4. The first-order chi connectivity index (χ1) is 16.5.